The van der Waals surface area contributed by atoms with Gasteiger partial charge in [-0.3, -0.25) is 24.0 Å². The zero-order chi connectivity index (χ0) is 22.6. The molecule has 1 amide bonds. The number of hydrogen-bond donors (Lipinski definition) is 0. The molecule has 0 N–H and O–H groups in total. The number of anilines is 1. The second-order valence-corrected chi connectivity index (χ2v) is 9.19. The molecule has 11 heteroatoms. The number of likely N-dealkylation sites (tertiary alicyclic amines) is 1. The number of amides is 1. The second kappa shape index (κ2) is 9.41. The van der Waals surface area contributed by atoms with E-state index in [1.54, 1.807) is 18.7 Å². The molecule has 30 heavy (non-hydrogen) atoms. The number of ether oxygens (including phenoxy) is 1. The van der Waals surface area contributed by atoms with E-state index in [4.69, 9.17) is 4.74 Å². The van der Waals surface area contributed by atoms with Gasteiger partial charge in [0.2, 0.25) is 15.9 Å². The van der Waals surface area contributed by atoms with Crippen LogP contribution in [0.5, 0.6) is 0 Å². The number of non-ortho nitro benzene ring substituents is 1. The summed E-state index contributed by atoms with van der Waals surface area (Å²) in [6.45, 7) is 3.94. The number of esters is 1. The Morgan fingerprint density at radius 2 is 1.93 bits per heavy atom. The number of nitro benzene ring substituents is 1. The van der Waals surface area contributed by atoms with Gasteiger partial charge in [-0.2, -0.15) is 0 Å². The zero-order valence-corrected chi connectivity index (χ0v) is 18.3. The summed E-state index contributed by atoms with van der Waals surface area (Å²) < 4.78 is 31.0. The van der Waals surface area contributed by atoms with Crippen molar-refractivity contribution >= 4 is 33.3 Å². The first-order chi connectivity index (χ1) is 14.0. The van der Waals surface area contributed by atoms with Gasteiger partial charge in [0.25, 0.3) is 5.69 Å². The molecule has 0 radical (unpaired) electrons. The molecule has 166 valence electrons. The highest BCUT2D eigenvalue weighted by Crippen LogP contribution is 2.31. The van der Waals surface area contributed by atoms with E-state index in [0.29, 0.717) is 31.5 Å². The zero-order valence-electron chi connectivity index (χ0n) is 17.5. The van der Waals surface area contributed by atoms with E-state index < -0.39 is 26.9 Å². The van der Waals surface area contributed by atoms with Crippen LogP contribution in [-0.2, 0) is 24.3 Å². The molecule has 1 fully saturated rings. The second-order valence-electron chi connectivity index (χ2n) is 7.33. The Morgan fingerprint density at radius 3 is 2.40 bits per heavy atom. The first-order valence-electron chi connectivity index (χ1n) is 9.62. The average molecular weight is 442 g/mol. The monoisotopic (exact) mass is 441 g/mol. The Balaban J connectivity index is 2.37. The first-order valence-corrected chi connectivity index (χ1v) is 11.5. The molecule has 1 heterocycles. The van der Waals surface area contributed by atoms with Crippen LogP contribution in [0.3, 0.4) is 0 Å². The highest BCUT2D eigenvalue weighted by atomic mass is 32.2. The molecular weight excluding hydrogens is 414 g/mol. The number of piperidine rings is 1. The van der Waals surface area contributed by atoms with Gasteiger partial charge in [0, 0.05) is 25.2 Å². The van der Waals surface area contributed by atoms with E-state index in [1.165, 1.54) is 25.3 Å². The summed E-state index contributed by atoms with van der Waals surface area (Å²) in [6, 6.07) is 2.88. The number of rotatable bonds is 7. The minimum Gasteiger partial charge on any atom is -0.469 e. The number of nitro groups is 1. The van der Waals surface area contributed by atoms with Gasteiger partial charge in [0.05, 0.1) is 29.9 Å². The molecule has 0 aliphatic carbocycles. The summed E-state index contributed by atoms with van der Waals surface area (Å²) in [5, 5.41) is 11.2. The van der Waals surface area contributed by atoms with Crippen molar-refractivity contribution in [1.29, 1.82) is 0 Å². The van der Waals surface area contributed by atoms with Crippen LogP contribution in [0.1, 0.15) is 31.7 Å². The van der Waals surface area contributed by atoms with Crippen molar-refractivity contribution in [3.63, 3.8) is 0 Å². The third kappa shape index (κ3) is 5.07. The lowest BCUT2D eigenvalue weighted by molar-refractivity contribution is -0.384. The number of carbonyl (C=O) groups is 2. The molecule has 1 atom stereocenters. The van der Waals surface area contributed by atoms with Crippen LogP contribution in [0.4, 0.5) is 11.4 Å². The predicted molar refractivity (Wildman–Crippen MR) is 111 cm³/mol. The Hall–Kier alpha value is -2.69. The maximum absolute atomic E-state index is 13.2. The Kier molecular flexibility index (Phi) is 7.40. The van der Waals surface area contributed by atoms with Crippen molar-refractivity contribution in [3.8, 4) is 0 Å². The smallest absolute Gasteiger partial charge is 0.308 e. The third-order valence-corrected chi connectivity index (χ3v) is 6.46. The molecule has 0 aromatic heterocycles. The number of sulfonamides is 1. The largest absolute Gasteiger partial charge is 0.469 e. The van der Waals surface area contributed by atoms with Crippen LogP contribution < -0.4 is 4.31 Å². The fourth-order valence-corrected chi connectivity index (χ4v) is 4.94. The van der Waals surface area contributed by atoms with Gasteiger partial charge in [-0.05, 0) is 31.7 Å². The fraction of sp³-hybridized carbons (Fsp3) is 0.579. The number of methoxy groups -OCH3 is 1. The van der Waals surface area contributed by atoms with Crippen molar-refractivity contribution in [2.45, 2.75) is 39.2 Å². The van der Waals surface area contributed by atoms with Crippen LogP contribution in [0.25, 0.3) is 0 Å². The maximum atomic E-state index is 13.2. The molecule has 1 aliphatic heterocycles. The predicted octanol–water partition coefficient (Wildman–Crippen LogP) is 1.86. The Labute approximate surface area is 176 Å². The summed E-state index contributed by atoms with van der Waals surface area (Å²) >= 11 is 0. The first kappa shape index (κ1) is 23.6. The van der Waals surface area contributed by atoms with E-state index in [1.807, 2.05) is 0 Å². The van der Waals surface area contributed by atoms with E-state index in [9.17, 15) is 28.1 Å². The maximum Gasteiger partial charge on any atom is 0.308 e. The van der Waals surface area contributed by atoms with Crippen LogP contribution in [0.15, 0.2) is 18.2 Å². The van der Waals surface area contributed by atoms with Gasteiger partial charge in [-0.25, -0.2) is 8.42 Å². The van der Waals surface area contributed by atoms with E-state index in [-0.39, 0.29) is 29.7 Å². The van der Waals surface area contributed by atoms with Gasteiger partial charge in [-0.15, -0.1) is 0 Å². The van der Waals surface area contributed by atoms with Crippen molar-refractivity contribution in [1.82, 2.24) is 4.90 Å². The molecule has 1 aliphatic rings. The number of benzene rings is 1. The average Bonchev–Trinajstić information content (AvgIpc) is 2.70. The lowest BCUT2D eigenvalue weighted by atomic mass is 9.96. The molecule has 1 unspecified atom stereocenters. The van der Waals surface area contributed by atoms with Gasteiger partial charge >= 0.3 is 5.97 Å². The lowest BCUT2D eigenvalue weighted by Crippen LogP contribution is -2.53. The molecule has 0 saturated carbocycles. The highest BCUT2D eigenvalue weighted by Gasteiger charge is 2.37. The van der Waals surface area contributed by atoms with E-state index in [0.717, 1.165) is 10.6 Å². The Bertz CT molecular complexity index is 924. The molecule has 10 nitrogen and oxygen atoms in total. The summed E-state index contributed by atoms with van der Waals surface area (Å²) in [4.78, 5) is 37.1. The SMILES string of the molecule is CCC(C(=O)N1CCC(C(=O)OC)CC1)N(c1cc([N+](=O)[O-])ccc1C)S(C)(=O)=O. The topological polar surface area (TPSA) is 127 Å². The number of aryl methyl sites for hydroxylation is 1. The standard InChI is InChI=1S/C19H27N3O7S/c1-5-16(18(23)20-10-8-14(9-11-20)19(24)29-3)21(30(4,27)28)17-12-15(22(25)26)7-6-13(17)2/h6-7,12,14,16H,5,8-11H2,1-4H3. The molecule has 1 aromatic rings. The molecule has 1 saturated heterocycles. The molecule has 2 rings (SSSR count). The number of nitrogens with zero attached hydrogens (tertiary/aromatic N) is 3. The van der Waals surface area contributed by atoms with Crippen LogP contribution >= 0.6 is 0 Å². The van der Waals surface area contributed by atoms with Gasteiger partial charge < -0.3 is 9.64 Å². The summed E-state index contributed by atoms with van der Waals surface area (Å²) in [7, 11) is -2.60. The van der Waals surface area contributed by atoms with Gasteiger partial charge in [0.15, 0.2) is 0 Å². The Morgan fingerprint density at radius 1 is 1.33 bits per heavy atom. The van der Waals surface area contributed by atoms with Crippen LogP contribution in [0.2, 0.25) is 0 Å². The number of hydrogen-bond acceptors (Lipinski definition) is 7. The molecule has 1 aromatic carbocycles. The lowest BCUT2D eigenvalue weighted by Gasteiger charge is -2.37. The molecule has 0 spiro atoms. The van der Waals surface area contributed by atoms with E-state index >= 15 is 0 Å². The minimum atomic E-state index is -3.92. The molecular formula is C19H27N3O7S. The van der Waals surface area contributed by atoms with Crippen molar-refractivity contribution in [3.05, 3.63) is 33.9 Å². The summed E-state index contributed by atoms with van der Waals surface area (Å²) in [5.41, 5.74) is 0.350. The highest BCUT2D eigenvalue weighted by molar-refractivity contribution is 7.92. The third-order valence-electron chi connectivity index (χ3n) is 5.29. The summed E-state index contributed by atoms with van der Waals surface area (Å²) in [6.07, 6.45) is 2.03. The minimum absolute atomic E-state index is 0.108. The fourth-order valence-electron chi connectivity index (χ4n) is 3.68. The van der Waals surface area contributed by atoms with Crippen molar-refractivity contribution < 1.29 is 27.7 Å². The van der Waals surface area contributed by atoms with Crippen LogP contribution in [0, 0.1) is 23.0 Å². The normalized spacial score (nSPS) is 16.1. The molecule has 0 bridgehead atoms. The van der Waals surface area contributed by atoms with Crippen LogP contribution in [-0.4, -0.2) is 62.6 Å². The van der Waals surface area contributed by atoms with Gasteiger partial charge in [-0.1, -0.05) is 13.0 Å². The van der Waals surface area contributed by atoms with E-state index in [2.05, 4.69) is 0 Å². The number of carbonyl (C=O) groups excluding carboxylic acids is 2. The van der Waals surface area contributed by atoms with Crippen molar-refractivity contribution in [2.75, 3.05) is 30.8 Å². The van der Waals surface area contributed by atoms with Gasteiger partial charge in [0.1, 0.15) is 6.04 Å². The quantitative estimate of drug-likeness (QED) is 0.359. The summed E-state index contributed by atoms with van der Waals surface area (Å²) in [5.74, 6) is -1.000. The van der Waals surface area contributed by atoms with Crippen molar-refractivity contribution in [2.24, 2.45) is 5.92 Å².